The molecule has 0 aliphatic heterocycles. The molecule has 0 aliphatic rings. The molecular weight excluding hydrogens is 188 g/mol. The molecule has 4 heteroatoms. The molecule has 0 heterocycles. The standard InChI is InChI=1S/CHOS2.Mo/c2-1-4-3;/h3H;/q-1;. The van der Waals surface area contributed by atoms with E-state index < -0.39 is 0 Å². The summed E-state index contributed by atoms with van der Waals surface area (Å²) in [6.07, 6.45) is 0. The second-order valence-corrected chi connectivity index (χ2v) is 1.07. The van der Waals surface area contributed by atoms with E-state index in [4.69, 9.17) is 4.79 Å². The molecule has 0 saturated heterocycles. The monoisotopic (exact) mass is 191 g/mol. The fraction of sp³-hybridized carbons (Fsp3) is 0. The van der Waals surface area contributed by atoms with Crippen molar-refractivity contribution >= 4 is 28.1 Å². The summed E-state index contributed by atoms with van der Waals surface area (Å²) in [5, 5.41) is 0. The molecule has 0 spiro atoms. The topological polar surface area (TPSA) is 17.1 Å². The summed E-state index contributed by atoms with van der Waals surface area (Å²) in [5.41, 5.74) is 1.46. The zero-order valence-corrected chi connectivity index (χ0v) is 5.89. The Balaban J connectivity index is 0. The Kier molecular flexibility index (Phi) is 16.8. The first-order valence-corrected chi connectivity index (χ1v) is 2.46. The van der Waals surface area contributed by atoms with Crippen LogP contribution in [-0.4, -0.2) is 5.62 Å². The van der Waals surface area contributed by atoms with Crippen molar-refractivity contribution in [3.63, 3.8) is 0 Å². The third-order valence-corrected chi connectivity index (χ3v) is 0.335. The molecule has 0 atom stereocenters. The molecule has 1 nitrogen and oxygen atoms in total. The summed E-state index contributed by atoms with van der Waals surface area (Å²) < 4.78 is 0. The Morgan fingerprint density at radius 3 is 2.00 bits per heavy atom. The van der Waals surface area contributed by atoms with E-state index in [1.54, 1.807) is 0 Å². The maximum absolute atomic E-state index is 8.94. The molecule has 0 aromatic carbocycles. The Bertz CT molecular complexity index is 23.6. The van der Waals surface area contributed by atoms with E-state index in [0.717, 1.165) is 10.8 Å². The molecule has 0 fully saturated rings. The molecule has 0 bridgehead atoms. The van der Waals surface area contributed by atoms with E-state index in [9.17, 15) is 0 Å². The molecule has 0 aliphatic carbocycles. The average Bonchev–Trinajstić information content (AvgIpc) is 1.37. The minimum Gasteiger partial charge on any atom is -0.530 e. The molecule has 0 aromatic rings. The molecule has 5 heavy (non-hydrogen) atoms. The Hall–Kier alpha value is 1.06. The van der Waals surface area contributed by atoms with Crippen molar-refractivity contribution in [3.8, 4) is 0 Å². The minimum atomic E-state index is 0. The van der Waals surface area contributed by atoms with Crippen molar-refractivity contribution < 1.29 is 25.9 Å². The van der Waals surface area contributed by atoms with E-state index in [-0.39, 0.29) is 21.1 Å². The zero-order chi connectivity index (χ0) is 3.41. The minimum absolute atomic E-state index is 0. The molecule has 0 aromatic heterocycles. The van der Waals surface area contributed by atoms with Crippen molar-refractivity contribution in [1.82, 2.24) is 0 Å². The van der Waals surface area contributed by atoms with Gasteiger partial charge in [-0.25, -0.2) is 0 Å². The molecule has 0 amide bonds. The van der Waals surface area contributed by atoms with E-state index in [0.29, 0.717) is 0 Å². The van der Waals surface area contributed by atoms with E-state index in [1.807, 2.05) is 0 Å². The van der Waals surface area contributed by atoms with E-state index in [1.165, 1.54) is 5.62 Å². The van der Waals surface area contributed by atoms with Crippen LogP contribution in [0.5, 0.6) is 0 Å². The average molecular weight is 189 g/mol. The molecule has 30 valence electrons. The fourth-order valence-corrected chi connectivity index (χ4v) is 0. The normalized spacial score (nSPS) is 5.00. The first kappa shape index (κ1) is 9.41. The van der Waals surface area contributed by atoms with Crippen LogP contribution < -0.4 is 0 Å². The first-order valence-electron chi connectivity index (χ1n) is 0.591. The Morgan fingerprint density at radius 2 is 2.00 bits per heavy atom. The number of thiol groups is 1. The van der Waals surface area contributed by atoms with Crippen LogP contribution in [0.3, 0.4) is 0 Å². The van der Waals surface area contributed by atoms with Crippen LogP contribution in [0.1, 0.15) is 0 Å². The van der Waals surface area contributed by atoms with Gasteiger partial charge < -0.3 is 4.79 Å². The predicted octanol–water partition coefficient (Wildman–Crippen LogP) is 0.629. The van der Waals surface area contributed by atoms with Gasteiger partial charge in [0.05, 0.1) is 0 Å². The quantitative estimate of drug-likeness (QED) is 0.282. The van der Waals surface area contributed by atoms with Crippen molar-refractivity contribution in [2.75, 3.05) is 0 Å². The molecule has 0 rings (SSSR count). The first-order chi connectivity index (χ1) is 1.91. The van der Waals surface area contributed by atoms with Gasteiger partial charge in [-0.05, 0) is 0 Å². The van der Waals surface area contributed by atoms with Gasteiger partial charge >= 0.3 is 0 Å². The second kappa shape index (κ2) is 8.91. The summed E-state index contributed by atoms with van der Waals surface area (Å²) >= 11 is 3.41. The van der Waals surface area contributed by atoms with Crippen molar-refractivity contribution in [1.29, 1.82) is 0 Å². The van der Waals surface area contributed by atoms with Gasteiger partial charge in [0.15, 0.2) is 0 Å². The van der Waals surface area contributed by atoms with Crippen LogP contribution in [0.15, 0.2) is 0 Å². The summed E-state index contributed by atoms with van der Waals surface area (Å²) in [6.45, 7) is 0. The van der Waals surface area contributed by atoms with Gasteiger partial charge in [-0.15, -0.1) is 11.7 Å². The third-order valence-electron chi connectivity index (χ3n) is 0.0373. The van der Waals surface area contributed by atoms with Gasteiger partial charge in [-0.2, -0.15) is 5.62 Å². The van der Waals surface area contributed by atoms with Crippen molar-refractivity contribution in [2.45, 2.75) is 0 Å². The zero-order valence-electron chi connectivity index (χ0n) is 2.17. The van der Waals surface area contributed by atoms with Gasteiger partial charge in [-0.1, -0.05) is 0 Å². The SMILES string of the molecule is O=[C-]SS.[Mo]. The van der Waals surface area contributed by atoms with Crippen molar-refractivity contribution in [2.24, 2.45) is 0 Å². The number of hydrogen-bond donors (Lipinski definition) is 1. The molecule has 0 saturated carbocycles. The van der Waals surface area contributed by atoms with Crippen LogP contribution in [0, 0.1) is 0 Å². The van der Waals surface area contributed by atoms with Gasteiger partial charge in [-0.3, -0.25) is 10.8 Å². The maximum atomic E-state index is 8.94. The Labute approximate surface area is 54.0 Å². The van der Waals surface area contributed by atoms with Crippen LogP contribution in [0.4, 0.5) is 0 Å². The van der Waals surface area contributed by atoms with Gasteiger partial charge in [0.25, 0.3) is 0 Å². The maximum Gasteiger partial charge on any atom is 0 e. The molecular formula is CHMoOS2-. The van der Waals surface area contributed by atoms with Gasteiger partial charge in [0, 0.05) is 21.1 Å². The fourth-order valence-electron chi connectivity index (χ4n) is 0. The van der Waals surface area contributed by atoms with Crippen LogP contribution in [0.2, 0.25) is 0 Å². The van der Waals surface area contributed by atoms with Crippen molar-refractivity contribution in [3.05, 3.63) is 0 Å². The predicted molar refractivity (Wildman–Crippen MR) is 22.3 cm³/mol. The molecule has 0 N–H and O–H groups in total. The van der Waals surface area contributed by atoms with Crippen LogP contribution in [0.25, 0.3) is 0 Å². The number of carbonyl (C=O) groups excluding carboxylic acids is 1. The van der Waals surface area contributed by atoms with Crippen LogP contribution in [-0.2, 0) is 25.9 Å². The summed E-state index contributed by atoms with van der Waals surface area (Å²) in [5.74, 6) is 0. The third kappa shape index (κ3) is 11.2. The summed E-state index contributed by atoms with van der Waals surface area (Å²) in [6, 6.07) is 0. The van der Waals surface area contributed by atoms with Crippen LogP contribution >= 0.6 is 22.5 Å². The number of rotatable bonds is 1. The van der Waals surface area contributed by atoms with E-state index in [2.05, 4.69) is 11.7 Å². The molecule has 0 unspecified atom stereocenters. The molecule has 0 radical (unpaired) electrons. The smallest absolute Gasteiger partial charge is 0 e. The Morgan fingerprint density at radius 1 is 1.80 bits per heavy atom. The largest absolute Gasteiger partial charge is 0.530 e. The van der Waals surface area contributed by atoms with Gasteiger partial charge in [0.2, 0.25) is 0 Å². The number of hydrogen-bond acceptors (Lipinski definition) is 3. The second-order valence-electron chi connectivity index (χ2n) is 0.175. The summed E-state index contributed by atoms with van der Waals surface area (Å²) in [7, 11) is 0.745. The summed E-state index contributed by atoms with van der Waals surface area (Å²) in [4.78, 5) is 8.94. The van der Waals surface area contributed by atoms with Gasteiger partial charge in [0.1, 0.15) is 0 Å². The van der Waals surface area contributed by atoms with E-state index >= 15 is 0 Å².